The molecule has 7 N–H and O–H groups in total. The molecule has 1 aliphatic heterocycles. The van der Waals surface area contributed by atoms with Crippen LogP contribution in [-0.4, -0.2) is 109 Å². The number of urea groups is 1. The standard InChI is InChI=1S/C48H60FN15O5/c1-30(2)41(57-31(3)4)44(66)59-39(8-7-17-51-45(50)67)43(65)58-38-15-9-32(10-16-38)28-69-47(68)60-48(5,35-11-13-37(49)14-12-35)36-24-52-46(53-25-36)63-20-18-62(19-21-63)42-40-22-33(27-64(40)56-29-54-42)34-23-55-61(6)26-34/h9-16,22-27,29-31,39,41,57H,7-8,17-21,28H2,1-6H3,(H,58,65)(H,59,66)(H,60,68)(H3,50,51,67)/t39-,41-,48-/m0/s1. The number of nitrogens with two attached hydrogens (primary N) is 1. The Kier molecular flexibility index (Phi) is 15.7. The monoisotopic (exact) mass is 945 g/mol. The summed E-state index contributed by atoms with van der Waals surface area (Å²) in [4.78, 5) is 70.0. The second kappa shape index (κ2) is 22.0. The molecule has 0 aliphatic carbocycles. The fourth-order valence-corrected chi connectivity index (χ4v) is 8.12. The van der Waals surface area contributed by atoms with Crippen LogP contribution < -0.4 is 42.1 Å². The van der Waals surface area contributed by atoms with Gasteiger partial charge < -0.3 is 46.9 Å². The second-order valence-corrected chi connectivity index (χ2v) is 17.8. The number of carbonyl (C=O) groups is 4. The summed E-state index contributed by atoms with van der Waals surface area (Å²) < 4.78 is 23.4. The molecule has 20 nitrogen and oxygen atoms in total. The molecule has 0 radical (unpaired) electrons. The Morgan fingerprint density at radius 2 is 1.54 bits per heavy atom. The molecule has 0 spiro atoms. The van der Waals surface area contributed by atoms with Gasteiger partial charge in [0.2, 0.25) is 17.8 Å². The highest BCUT2D eigenvalue weighted by Gasteiger charge is 2.34. The SMILES string of the molecule is CC(C)N[C@H](C(=O)N[C@@H](CCCNC(N)=O)C(=O)Nc1ccc(COC(=O)N[C@@](C)(c2ccc(F)cc2)c2cnc(N3CCN(c4ncnn5cc(-c6cnn(C)c6)cc45)CC3)nc2)cc1)C(C)C. The van der Waals surface area contributed by atoms with Crippen molar-refractivity contribution in [3.05, 3.63) is 114 Å². The van der Waals surface area contributed by atoms with Crippen LogP contribution in [0.15, 0.2) is 91.9 Å². The third-order valence-electron chi connectivity index (χ3n) is 11.9. The minimum absolute atomic E-state index is 0.0377. The topological polar surface area (TPSA) is 244 Å². The number of nitrogens with zero attached hydrogens (tertiary/aromatic N) is 9. The van der Waals surface area contributed by atoms with Crippen LogP contribution in [0.5, 0.6) is 0 Å². The summed E-state index contributed by atoms with van der Waals surface area (Å²) in [6, 6.07) is 12.6. The third kappa shape index (κ3) is 12.5. The first kappa shape index (κ1) is 49.2. The Hall–Kier alpha value is -7.68. The average Bonchev–Trinajstić information content (AvgIpc) is 3.98. The molecule has 5 amide bonds. The molecule has 364 valence electrons. The van der Waals surface area contributed by atoms with E-state index in [9.17, 15) is 23.6 Å². The van der Waals surface area contributed by atoms with Gasteiger partial charge in [-0.05, 0) is 67.1 Å². The van der Waals surface area contributed by atoms with Gasteiger partial charge in [0.25, 0.3) is 0 Å². The van der Waals surface area contributed by atoms with E-state index in [0.29, 0.717) is 60.9 Å². The Balaban J connectivity index is 0.965. The summed E-state index contributed by atoms with van der Waals surface area (Å²) in [7, 11) is 1.88. The Bertz CT molecular complexity index is 2700. The molecule has 0 unspecified atom stereocenters. The van der Waals surface area contributed by atoms with Crippen molar-refractivity contribution in [1.82, 2.24) is 55.6 Å². The molecule has 7 rings (SSSR count). The van der Waals surface area contributed by atoms with E-state index < -0.39 is 41.5 Å². The first-order chi connectivity index (χ1) is 33.1. The van der Waals surface area contributed by atoms with Crippen molar-refractivity contribution in [3.8, 4) is 11.1 Å². The maximum Gasteiger partial charge on any atom is 0.408 e. The van der Waals surface area contributed by atoms with Gasteiger partial charge in [-0.1, -0.05) is 52.0 Å². The average molecular weight is 946 g/mol. The number of anilines is 3. The number of nitrogens with one attached hydrogen (secondary N) is 5. The lowest BCUT2D eigenvalue weighted by Gasteiger charge is -2.36. The van der Waals surface area contributed by atoms with Crippen molar-refractivity contribution < 1.29 is 28.3 Å². The van der Waals surface area contributed by atoms with Crippen LogP contribution in [0.4, 0.5) is 31.4 Å². The van der Waals surface area contributed by atoms with Crippen LogP contribution in [0.1, 0.15) is 64.2 Å². The molecule has 69 heavy (non-hydrogen) atoms. The minimum Gasteiger partial charge on any atom is -0.445 e. The molecule has 0 saturated carbocycles. The van der Waals surface area contributed by atoms with E-state index in [1.54, 1.807) is 66.7 Å². The molecule has 0 bridgehead atoms. The van der Waals surface area contributed by atoms with Crippen LogP contribution in [0, 0.1) is 11.7 Å². The van der Waals surface area contributed by atoms with Gasteiger partial charge in [0.15, 0.2) is 5.82 Å². The highest BCUT2D eigenvalue weighted by molar-refractivity contribution is 5.98. The van der Waals surface area contributed by atoms with Crippen molar-refractivity contribution in [2.75, 3.05) is 47.8 Å². The fourth-order valence-electron chi connectivity index (χ4n) is 8.12. The van der Waals surface area contributed by atoms with Gasteiger partial charge in [-0.3, -0.25) is 14.3 Å². The number of halogens is 1. The van der Waals surface area contributed by atoms with E-state index in [4.69, 9.17) is 20.4 Å². The Morgan fingerprint density at radius 3 is 2.17 bits per heavy atom. The van der Waals surface area contributed by atoms with Crippen LogP contribution in [0.25, 0.3) is 16.6 Å². The first-order valence-electron chi connectivity index (χ1n) is 22.9. The van der Waals surface area contributed by atoms with Gasteiger partial charge in [-0.15, -0.1) is 0 Å². The van der Waals surface area contributed by atoms with E-state index in [1.807, 2.05) is 57.8 Å². The molecular formula is C48H60FN15O5. The lowest BCUT2D eigenvalue weighted by Crippen LogP contribution is -2.54. The van der Waals surface area contributed by atoms with Crippen LogP contribution in [0.3, 0.4) is 0 Å². The number of rotatable bonds is 19. The van der Waals surface area contributed by atoms with E-state index in [-0.39, 0.29) is 37.4 Å². The number of ether oxygens (including phenoxy) is 1. The normalized spacial score (nSPS) is 14.6. The molecule has 1 fully saturated rings. The van der Waals surface area contributed by atoms with Gasteiger partial charge in [0.1, 0.15) is 30.3 Å². The smallest absolute Gasteiger partial charge is 0.408 e. The Morgan fingerprint density at radius 1 is 0.841 bits per heavy atom. The molecule has 4 aromatic heterocycles. The van der Waals surface area contributed by atoms with Crippen molar-refractivity contribution in [3.63, 3.8) is 0 Å². The number of carbonyl (C=O) groups excluding carboxylic acids is 4. The predicted octanol–water partition coefficient (Wildman–Crippen LogP) is 4.47. The highest BCUT2D eigenvalue weighted by atomic mass is 19.1. The number of hydrogen-bond acceptors (Lipinski definition) is 13. The fraction of sp³-hybridized carbons (Fsp3) is 0.396. The van der Waals surface area contributed by atoms with Crippen molar-refractivity contribution in [2.45, 2.75) is 77.7 Å². The lowest BCUT2D eigenvalue weighted by molar-refractivity contribution is -0.129. The molecular weight excluding hydrogens is 886 g/mol. The number of alkyl carbamates (subject to hydrolysis) is 1. The molecule has 3 atom stereocenters. The van der Waals surface area contributed by atoms with Crippen molar-refractivity contribution >= 4 is 46.9 Å². The van der Waals surface area contributed by atoms with Gasteiger partial charge in [-0.2, -0.15) is 10.2 Å². The van der Waals surface area contributed by atoms with Crippen molar-refractivity contribution in [2.24, 2.45) is 18.7 Å². The van der Waals surface area contributed by atoms with Gasteiger partial charge >= 0.3 is 12.1 Å². The summed E-state index contributed by atoms with van der Waals surface area (Å²) in [5.74, 6) is 0.133. The number of benzene rings is 2. The van der Waals surface area contributed by atoms with Crippen LogP contribution in [-0.2, 0) is 33.5 Å². The highest BCUT2D eigenvalue weighted by Crippen LogP contribution is 2.31. The zero-order chi connectivity index (χ0) is 49.2. The lowest BCUT2D eigenvalue weighted by atomic mass is 9.86. The van der Waals surface area contributed by atoms with E-state index >= 15 is 0 Å². The minimum atomic E-state index is -1.22. The number of amides is 5. The number of primary amides is 1. The summed E-state index contributed by atoms with van der Waals surface area (Å²) >= 11 is 0. The molecule has 5 heterocycles. The molecule has 21 heteroatoms. The van der Waals surface area contributed by atoms with Crippen LogP contribution >= 0.6 is 0 Å². The summed E-state index contributed by atoms with van der Waals surface area (Å²) in [6.45, 7) is 12.2. The molecule has 1 aliphatic rings. The molecule has 6 aromatic rings. The summed E-state index contributed by atoms with van der Waals surface area (Å²) in [5, 5.41) is 23.2. The third-order valence-corrected chi connectivity index (χ3v) is 11.9. The number of piperazine rings is 1. The maximum absolute atomic E-state index is 14.1. The maximum atomic E-state index is 14.1. The van der Waals surface area contributed by atoms with Crippen molar-refractivity contribution in [1.29, 1.82) is 0 Å². The first-order valence-corrected chi connectivity index (χ1v) is 22.9. The zero-order valence-electron chi connectivity index (χ0n) is 39.6. The number of fused-ring (bicyclic) bond motifs is 1. The number of hydrogen-bond donors (Lipinski definition) is 6. The number of aromatic nitrogens is 7. The molecule has 1 saturated heterocycles. The van der Waals surface area contributed by atoms with E-state index in [0.717, 1.165) is 22.5 Å². The Labute approximate surface area is 399 Å². The summed E-state index contributed by atoms with van der Waals surface area (Å²) in [6.07, 6.45) is 10.5. The quantitative estimate of drug-likeness (QED) is 0.0615. The zero-order valence-corrected chi connectivity index (χ0v) is 39.6. The largest absolute Gasteiger partial charge is 0.445 e. The van der Waals surface area contributed by atoms with E-state index in [2.05, 4.69) is 57.6 Å². The molecule has 2 aromatic carbocycles. The summed E-state index contributed by atoms with van der Waals surface area (Å²) in [5.41, 5.74) is 9.08. The van der Waals surface area contributed by atoms with Gasteiger partial charge in [-0.25, -0.2) is 33.4 Å². The predicted molar refractivity (Wildman–Crippen MR) is 259 cm³/mol. The van der Waals surface area contributed by atoms with Gasteiger partial charge in [0, 0.05) is 93.0 Å². The van der Waals surface area contributed by atoms with Crippen LogP contribution in [0.2, 0.25) is 0 Å². The van der Waals surface area contributed by atoms with E-state index in [1.165, 1.54) is 12.1 Å². The second-order valence-electron chi connectivity index (χ2n) is 17.8. The number of aryl methyl sites for hydroxylation is 1. The van der Waals surface area contributed by atoms with Gasteiger partial charge in [0.05, 0.1) is 17.8 Å².